The number of ether oxygens (including phenoxy) is 1. The van der Waals surface area contributed by atoms with E-state index in [9.17, 15) is 0 Å². The Morgan fingerprint density at radius 2 is 2.33 bits per heavy atom. The molecule has 0 amide bonds. The van der Waals surface area contributed by atoms with Gasteiger partial charge in [0.25, 0.3) is 0 Å². The number of nitrogens with one attached hydrogen (secondary N) is 1. The van der Waals surface area contributed by atoms with Crippen molar-refractivity contribution < 1.29 is 4.74 Å². The van der Waals surface area contributed by atoms with Gasteiger partial charge in [-0.15, -0.1) is 0 Å². The van der Waals surface area contributed by atoms with Crippen molar-refractivity contribution in [2.45, 2.75) is 12.5 Å². The highest BCUT2D eigenvalue weighted by Crippen LogP contribution is 2.27. The average Bonchev–Trinajstić information content (AvgIpc) is 2.72. The summed E-state index contributed by atoms with van der Waals surface area (Å²) >= 11 is 0. The third-order valence-electron chi connectivity index (χ3n) is 2.56. The zero-order valence-electron chi connectivity index (χ0n) is 8.70. The number of fused-ring (bicyclic) bond motifs is 1. The number of nitrogens with two attached hydrogens (primary N) is 2. The molecule has 1 aliphatic heterocycles. The predicted molar refractivity (Wildman–Crippen MR) is 61.2 cm³/mol. The first-order chi connectivity index (χ1) is 7.29. The van der Waals surface area contributed by atoms with Crippen molar-refractivity contribution >= 4 is 5.69 Å². The van der Waals surface area contributed by atoms with Crippen LogP contribution in [-0.4, -0.2) is 25.7 Å². The van der Waals surface area contributed by atoms with Crippen molar-refractivity contribution in [1.29, 1.82) is 0 Å². The largest absolute Gasteiger partial charge is 0.493 e. The van der Waals surface area contributed by atoms with Gasteiger partial charge in [0, 0.05) is 31.2 Å². The lowest BCUT2D eigenvalue weighted by Crippen LogP contribution is -2.36. The molecule has 1 aromatic carbocycles. The minimum absolute atomic E-state index is 0.00880. The van der Waals surface area contributed by atoms with Gasteiger partial charge in [-0.25, -0.2) is 0 Å². The maximum atomic E-state index is 5.72. The maximum absolute atomic E-state index is 5.72. The van der Waals surface area contributed by atoms with E-state index in [-0.39, 0.29) is 6.04 Å². The van der Waals surface area contributed by atoms with Crippen LogP contribution >= 0.6 is 0 Å². The molecule has 1 aliphatic rings. The van der Waals surface area contributed by atoms with Gasteiger partial charge in [0.05, 0.1) is 6.61 Å². The van der Waals surface area contributed by atoms with Crippen LogP contribution in [0.2, 0.25) is 0 Å². The first-order valence-corrected chi connectivity index (χ1v) is 5.25. The van der Waals surface area contributed by atoms with E-state index >= 15 is 0 Å². The van der Waals surface area contributed by atoms with Crippen molar-refractivity contribution in [3.8, 4) is 5.75 Å². The van der Waals surface area contributed by atoms with Gasteiger partial charge >= 0.3 is 0 Å². The highest BCUT2D eigenvalue weighted by atomic mass is 16.5. The SMILES string of the molecule is NCC(N)CNc1ccc2c(c1)CCO2. The quantitative estimate of drug-likeness (QED) is 0.665. The van der Waals surface area contributed by atoms with Crippen LogP contribution in [0.4, 0.5) is 5.69 Å². The molecule has 0 spiro atoms. The van der Waals surface area contributed by atoms with E-state index in [0.717, 1.165) is 24.5 Å². The van der Waals surface area contributed by atoms with E-state index in [4.69, 9.17) is 16.2 Å². The van der Waals surface area contributed by atoms with Gasteiger partial charge in [-0.2, -0.15) is 0 Å². The number of benzene rings is 1. The molecule has 0 aromatic heterocycles. The van der Waals surface area contributed by atoms with E-state index in [0.29, 0.717) is 13.1 Å². The van der Waals surface area contributed by atoms with Crippen LogP contribution in [-0.2, 0) is 6.42 Å². The second kappa shape index (κ2) is 4.51. The van der Waals surface area contributed by atoms with Crippen molar-refractivity contribution in [2.75, 3.05) is 25.0 Å². The Morgan fingerprint density at radius 1 is 1.47 bits per heavy atom. The second-order valence-corrected chi connectivity index (χ2v) is 3.80. The van der Waals surface area contributed by atoms with Gasteiger partial charge < -0.3 is 21.5 Å². The van der Waals surface area contributed by atoms with Gasteiger partial charge in [-0.05, 0) is 23.8 Å². The molecule has 4 nitrogen and oxygen atoms in total. The molecule has 82 valence electrons. The smallest absolute Gasteiger partial charge is 0.122 e. The fourth-order valence-electron chi connectivity index (χ4n) is 1.63. The molecule has 0 aliphatic carbocycles. The minimum Gasteiger partial charge on any atom is -0.493 e. The van der Waals surface area contributed by atoms with Crippen molar-refractivity contribution in [1.82, 2.24) is 0 Å². The minimum atomic E-state index is 0.00880. The van der Waals surface area contributed by atoms with Gasteiger partial charge in [0.2, 0.25) is 0 Å². The van der Waals surface area contributed by atoms with Crippen molar-refractivity contribution in [3.05, 3.63) is 23.8 Å². The number of hydrogen-bond acceptors (Lipinski definition) is 4. The van der Waals surface area contributed by atoms with Crippen LogP contribution in [0.15, 0.2) is 18.2 Å². The Hall–Kier alpha value is -1.26. The van der Waals surface area contributed by atoms with Gasteiger partial charge in [-0.1, -0.05) is 0 Å². The molecule has 1 unspecified atom stereocenters. The van der Waals surface area contributed by atoms with Crippen LogP contribution in [0.25, 0.3) is 0 Å². The Bertz CT molecular complexity index is 341. The van der Waals surface area contributed by atoms with E-state index in [1.54, 1.807) is 0 Å². The highest BCUT2D eigenvalue weighted by Gasteiger charge is 2.11. The summed E-state index contributed by atoms with van der Waals surface area (Å²) in [6, 6.07) is 6.13. The molecular weight excluding hydrogens is 190 g/mol. The summed E-state index contributed by atoms with van der Waals surface area (Å²) in [7, 11) is 0. The summed E-state index contributed by atoms with van der Waals surface area (Å²) in [5.74, 6) is 1.00. The van der Waals surface area contributed by atoms with E-state index in [2.05, 4.69) is 11.4 Å². The summed E-state index contributed by atoms with van der Waals surface area (Å²) in [5.41, 5.74) is 13.5. The van der Waals surface area contributed by atoms with Gasteiger partial charge in [-0.3, -0.25) is 0 Å². The molecule has 4 heteroatoms. The van der Waals surface area contributed by atoms with E-state index in [1.165, 1.54) is 5.56 Å². The first kappa shape index (κ1) is 10.3. The summed E-state index contributed by atoms with van der Waals surface area (Å²) in [4.78, 5) is 0. The molecule has 1 atom stereocenters. The molecular formula is C11H17N3O. The Kier molecular flexibility index (Phi) is 3.08. The lowest BCUT2D eigenvalue weighted by molar-refractivity contribution is 0.357. The van der Waals surface area contributed by atoms with Crippen LogP contribution in [0.3, 0.4) is 0 Å². The lowest BCUT2D eigenvalue weighted by atomic mass is 10.1. The summed E-state index contributed by atoms with van der Waals surface area (Å²) in [5, 5.41) is 3.26. The third kappa shape index (κ3) is 2.40. The van der Waals surface area contributed by atoms with Crippen molar-refractivity contribution in [3.63, 3.8) is 0 Å². The molecule has 0 fully saturated rings. The molecule has 0 radical (unpaired) electrons. The first-order valence-electron chi connectivity index (χ1n) is 5.25. The van der Waals surface area contributed by atoms with Crippen LogP contribution in [0, 0.1) is 0 Å². The summed E-state index contributed by atoms with van der Waals surface area (Å²) in [6.07, 6.45) is 0.994. The zero-order chi connectivity index (χ0) is 10.7. The van der Waals surface area contributed by atoms with Crippen LogP contribution in [0.1, 0.15) is 5.56 Å². The van der Waals surface area contributed by atoms with E-state index < -0.39 is 0 Å². The fraction of sp³-hybridized carbons (Fsp3) is 0.455. The topological polar surface area (TPSA) is 73.3 Å². The molecule has 2 rings (SSSR count). The Balaban J connectivity index is 1.98. The van der Waals surface area contributed by atoms with Gasteiger partial charge in [0.1, 0.15) is 5.75 Å². The zero-order valence-corrected chi connectivity index (χ0v) is 8.70. The standard InChI is InChI=1S/C11H17N3O/c12-6-9(13)7-14-10-1-2-11-8(5-10)3-4-15-11/h1-2,5,9,14H,3-4,6-7,12-13H2. The molecule has 15 heavy (non-hydrogen) atoms. The molecule has 1 aromatic rings. The number of hydrogen-bond donors (Lipinski definition) is 3. The predicted octanol–water partition coefficient (Wildman–Crippen LogP) is 0.319. The van der Waals surface area contributed by atoms with Crippen molar-refractivity contribution in [2.24, 2.45) is 11.5 Å². The lowest BCUT2D eigenvalue weighted by Gasteiger charge is -2.12. The second-order valence-electron chi connectivity index (χ2n) is 3.80. The molecule has 0 saturated carbocycles. The molecule has 1 heterocycles. The van der Waals surface area contributed by atoms with Crippen LogP contribution < -0.4 is 21.5 Å². The number of anilines is 1. The van der Waals surface area contributed by atoms with E-state index in [1.807, 2.05) is 12.1 Å². The summed E-state index contributed by atoms with van der Waals surface area (Å²) < 4.78 is 5.43. The molecule has 0 bridgehead atoms. The van der Waals surface area contributed by atoms with Gasteiger partial charge in [0.15, 0.2) is 0 Å². The molecule has 5 N–H and O–H groups in total. The summed E-state index contributed by atoms with van der Waals surface area (Å²) in [6.45, 7) is 2.00. The monoisotopic (exact) mass is 207 g/mol. The Morgan fingerprint density at radius 3 is 3.13 bits per heavy atom. The highest BCUT2D eigenvalue weighted by molar-refractivity contribution is 5.52. The molecule has 0 saturated heterocycles. The third-order valence-corrected chi connectivity index (χ3v) is 2.56. The van der Waals surface area contributed by atoms with Crippen LogP contribution in [0.5, 0.6) is 5.75 Å². The fourth-order valence-corrected chi connectivity index (χ4v) is 1.63. The average molecular weight is 207 g/mol. The number of rotatable bonds is 4. The maximum Gasteiger partial charge on any atom is 0.122 e. The Labute approximate surface area is 89.6 Å². The normalized spacial score (nSPS) is 15.6.